The first-order valence-electron chi connectivity index (χ1n) is 29.4. The number of rotatable bonds is 44. The normalized spacial score (nSPS) is 25.6. The fourth-order valence-corrected chi connectivity index (χ4v) is 8.65. The fourth-order valence-electron chi connectivity index (χ4n) is 8.65. The maximum absolute atomic E-state index is 13.0. The zero-order valence-corrected chi connectivity index (χ0v) is 47.3. The molecule has 2 heterocycles. The summed E-state index contributed by atoms with van der Waals surface area (Å²) in [6.45, 7) is 2.52. The Labute approximate surface area is 469 Å². The van der Waals surface area contributed by atoms with Crippen LogP contribution in [0.4, 0.5) is 0 Å². The first-order valence-corrected chi connectivity index (χ1v) is 29.4. The Kier molecular flexibility index (Phi) is 43.1. The SMILES string of the molecule is CC/C=C\C/C=C\C/C=C\C/C=C\C/C=C\C/C=C\C/C=C\C/C=C\C/C=C\C/C=C\C/C=C\CCCCCCCCCC(=O)NC(COC1OC(CO)C(OC2OC(CO)C(O)C(O)C2O)C(O)C1O)C(O)CCCCC. The molecule has 0 bridgehead atoms. The molecule has 2 aliphatic rings. The average molecular weight is 1090 g/mol. The van der Waals surface area contributed by atoms with Crippen LogP contribution in [-0.2, 0) is 23.7 Å². The van der Waals surface area contributed by atoms with E-state index < -0.39 is 86.8 Å². The summed E-state index contributed by atoms with van der Waals surface area (Å²) in [7, 11) is 0. The topological polar surface area (TPSA) is 228 Å². The first-order chi connectivity index (χ1) is 38.1. The van der Waals surface area contributed by atoms with Crippen LogP contribution in [0.15, 0.2) is 134 Å². The van der Waals surface area contributed by atoms with Crippen molar-refractivity contribution in [3.63, 3.8) is 0 Å². The van der Waals surface area contributed by atoms with Gasteiger partial charge in [0, 0.05) is 6.42 Å². The Morgan fingerprint density at radius 1 is 0.474 bits per heavy atom. The fraction of sp³-hybridized carbons (Fsp3) is 0.641. The van der Waals surface area contributed by atoms with Gasteiger partial charge in [-0.05, 0) is 96.3 Å². The van der Waals surface area contributed by atoms with Crippen LogP contribution in [-0.4, -0.2) is 140 Å². The molecule has 2 saturated heterocycles. The third-order valence-electron chi connectivity index (χ3n) is 13.4. The minimum absolute atomic E-state index is 0.237. The van der Waals surface area contributed by atoms with Crippen LogP contribution in [0, 0.1) is 0 Å². The van der Waals surface area contributed by atoms with Crippen LogP contribution in [0.25, 0.3) is 0 Å². The number of hydrogen-bond donors (Lipinski definition) is 9. The molecule has 0 aromatic heterocycles. The van der Waals surface area contributed by atoms with Gasteiger partial charge < -0.3 is 65.1 Å². The molecule has 0 spiro atoms. The molecule has 2 rings (SSSR count). The van der Waals surface area contributed by atoms with Gasteiger partial charge in [-0.3, -0.25) is 4.79 Å². The molecule has 2 aliphatic heterocycles. The predicted molar refractivity (Wildman–Crippen MR) is 313 cm³/mol. The van der Waals surface area contributed by atoms with Crippen molar-refractivity contribution in [2.45, 2.75) is 242 Å². The van der Waals surface area contributed by atoms with E-state index in [1.165, 1.54) is 6.42 Å². The number of amides is 1. The van der Waals surface area contributed by atoms with Crippen LogP contribution in [0.3, 0.4) is 0 Å². The van der Waals surface area contributed by atoms with E-state index in [2.05, 4.69) is 146 Å². The standard InChI is InChI=1S/C64H103NO13/c1-3-5-7-8-9-10-11-12-13-14-15-16-17-18-19-20-21-22-23-24-25-26-27-28-29-30-31-32-33-34-35-36-37-38-39-40-41-42-43-44-46-48-56(69)65-52(53(68)47-45-6-4-2)51-75-63-61(74)59(72)62(55(50-67)77-63)78-64-60(73)58(71)57(70)54(49-66)76-64/h5,7,9-10,12-13,15-16,18-19,21-22,24-25,27-28,30-31,33-34,36-37,52-55,57-64,66-68,70-74H,3-4,6,8,11,14,17,20,23,26,29,32,35,38-51H2,1-2H3,(H,65,69)/b7-5-,10-9-,13-12-,16-15-,19-18-,22-21-,25-24-,28-27-,31-30-,34-33-,37-36-. The molecule has 9 N–H and O–H groups in total. The summed E-state index contributed by atoms with van der Waals surface area (Å²) >= 11 is 0. The first kappa shape index (κ1) is 70.2. The maximum atomic E-state index is 13.0. The molecule has 2 fully saturated rings. The molecule has 78 heavy (non-hydrogen) atoms. The van der Waals surface area contributed by atoms with E-state index >= 15 is 0 Å². The largest absolute Gasteiger partial charge is 0.394 e. The maximum Gasteiger partial charge on any atom is 0.220 e. The van der Waals surface area contributed by atoms with E-state index in [-0.39, 0.29) is 18.9 Å². The van der Waals surface area contributed by atoms with Crippen LogP contribution in [0.1, 0.15) is 168 Å². The highest BCUT2D eigenvalue weighted by molar-refractivity contribution is 5.76. The van der Waals surface area contributed by atoms with Gasteiger partial charge in [0.15, 0.2) is 12.6 Å². The van der Waals surface area contributed by atoms with E-state index in [0.717, 1.165) is 128 Å². The lowest BCUT2D eigenvalue weighted by atomic mass is 9.97. The third-order valence-corrected chi connectivity index (χ3v) is 13.4. The number of nitrogens with one attached hydrogen (secondary N) is 1. The number of hydrogen-bond acceptors (Lipinski definition) is 13. The molecule has 12 atom stereocenters. The summed E-state index contributed by atoms with van der Waals surface area (Å²) in [6.07, 6.45) is 54.5. The Hall–Kier alpha value is -3.87. The summed E-state index contributed by atoms with van der Waals surface area (Å²) in [5, 5.41) is 86.1. The van der Waals surface area contributed by atoms with Crippen LogP contribution >= 0.6 is 0 Å². The van der Waals surface area contributed by atoms with Crippen molar-refractivity contribution in [2.75, 3.05) is 19.8 Å². The van der Waals surface area contributed by atoms with Crippen molar-refractivity contribution in [1.29, 1.82) is 0 Å². The smallest absolute Gasteiger partial charge is 0.220 e. The number of aliphatic hydroxyl groups excluding tert-OH is 8. The molecular weight excluding hydrogens is 991 g/mol. The molecule has 14 heteroatoms. The molecule has 0 aliphatic carbocycles. The second-order valence-electron chi connectivity index (χ2n) is 20.0. The van der Waals surface area contributed by atoms with E-state index in [9.17, 15) is 45.6 Å². The Bertz CT molecular complexity index is 1820. The summed E-state index contributed by atoms with van der Waals surface area (Å²) in [6, 6.07) is -0.839. The summed E-state index contributed by atoms with van der Waals surface area (Å²) in [4.78, 5) is 13.0. The molecule has 442 valence electrons. The molecule has 0 aromatic carbocycles. The molecular formula is C64H103NO13. The molecule has 1 amide bonds. The number of ether oxygens (including phenoxy) is 4. The molecule has 0 saturated carbocycles. The van der Waals surface area contributed by atoms with Crippen molar-refractivity contribution in [1.82, 2.24) is 5.32 Å². The number of carbonyl (C=O) groups excluding carboxylic acids is 1. The Balaban J connectivity index is 1.51. The van der Waals surface area contributed by atoms with Gasteiger partial charge in [-0.25, -0.2) is 0 Å². The van der Waals surface area contributed by atoms with Crippen molar-refractivity contribution in [2.24, 2.45) is 0 Å². The highest BCUT2D eigenvalue weighted by atomic mass is 16.7. The summed E-state index contributed by atoms with van der Waals surface area (Å²) < 4.78 is 22.5. The lowest BCUT2D eigenvalue weighted by Gasteiger charge is -2.46. The van der Waals surface area contributed by atoms with Crippen molar-refractivity contribution >= 4 is 5.91 Å². The minimum Gasteiger partial charge on any atom is -0.394 e. The highest BCUT2D eigenvalue weighted by Crippen LogP contribution is 2.30. The van der Waals surface area contributed by atoms with Crippen LogP contribution in [0.2, 0.25) is 0 Å². The van der Waals surface area contributed by atoms with E-state index in [0.29, 0.717) is 12.8 Å². The zero-order chi connectivity index (χ0) is 56.7. The second-order valence-corrected chi connectivity index (χ2v) is 20.0. The highest BCUT2D eigenvalue weighted by Gasteiger charge is 2.51. The molecule has 12 unspecified atom stereocenters. The third kappa shape index (κ3) is 33.0. The van der Waals surface area contributed by atoms with Crippen molar-refractivity contribution in [3.05, 3.63) is 134 Å². The monoisotopic (exact) mass is 1090 g/mol. The Morgan fingerprint density at radius 2 is 0.885 bits per heavy atom. The zero-order valence-electron chi connectivity index (χ0n) is 47.3. The minimum atomic E-state index is -1.79. The molecule has 14 nitrogen and oxygen atoms in total. The van der Waals surface area contributed by atoms with Gasteiger partial charge in [0.1, 0.15) is 48.8 Å². The lowest BCUT2D eigenvalue weighted by molar-refractivity contribution is -0.359. The van der Waals surface area contributed by atoms with Crippen molar-refractivity contribution in [3.8, 4) is 0 Å². The van der Waals surface area contributed by atoms with Gasteiger partial charge in [-0.2, -0.15) is 0 Å². The predicted octanol–water partition coefficient (Wildman–Crippen LogP) is 9.99. The molecule has 0 aromatic rings. The van der Waals surface area contributed by atoms with E-state index in [1.54, 1.807) is 0 Å². The average Bonchev–Trinajstić information content (AvgIpc) is 3.44. The van der Waals surface area contributed by atoms with Gasteiger partial charge in [-0.15, -0.1) is 0 Å². The number of allylic oxidation sites excluding steroid dienone is 22. The van der Waals surface area contributed by atoms with Crippen molar-refractivity contribution < 1.29 is 64.6 Å². The van der Waals surface area contributed by atoms with Crippen LogP contribution < -0.4 is 5.32 Å². The number of carbonyl (C=O) groups is 1. The number of aliphatic hydroxyl groups is 8. The van der Waals surface area contributed by atoms with E-state index in [4.69, 9.17) is 18.9 Å². The van der Waals surface area contributed by atoms with Gasteiger partial charge in [-0.1, -0.05) is 199 Å². The lowest BCUT2D eigenvalue weighted by Crippen LogP contribution is -2.65. The van der Waals surface area contributed by atoms with Gasteiger partial charge in [0.25, 0.3) is 0 Å². The Morgan fingerprint density at radius 3 is 1.33 bits per heavy atom. The summed E-state index contributed by atoms with van der Waals surface area (Å²) in [5.41, 5.74) is 0. The van der Waals surface area contributed by atoms with Crippen LogP contribution in [0.5, 0.6) is 0 Å². The second kappa shape index (κ2) is 47.9. The van der Waals surface area contributed by atoms with E-state index in [1.807, 2.05) is 6.92 Å². The van der Waals surface area contributed by atoms with Gasteiger partial charge >= 0.3 is 0 Å². The number of unbranched alkanes of at least 4 members (excludes halogenated alkanes) is 9. The molecule has 0 radical (unpaired) electrons. The quantitative estimate of drug-likeness (QED) is 0.0205. The summed E-state index contributed by atoms with van der Waals surface area (Å²) in [5.74, 6) is -0.237. The van der Waals surface area contributed by atoms with Gasteiger partial charge in [0.05, 0.1) is 32.0 Å². The van der Waals surface area contributed by atoms with Gasteiger partial charge in [0.2, 0.25) is 5.91 Å².